The number of hydrogen-bond acceptors (Lipinski definition) is 4. The zero-order valence-corrected chi connectivity index (χ0v) is 20.2. The summed E-state index contributed by atoms with van der Waals surface area (Å²) >= 11 is 0. The summed E-state index contributed by atoms with van der Waals surface area (Å²) in [5.74, 6) is -1.86. The summed E-state index contributed by atoms with van der Waals surface area (Å²) in [6, 6.07) is 13.4. The molecule has 9 heteroatoms. The molecule has 34 heavy (non-hydrogen) atoms. The lowest BCUT2D eigenvalue weighted by Gasteiger charge is -2.34. The highest BCUT2D eigenvalue weighted by atomic mass is 32.2. The first-order valence-electron chi connectivity index (χ1n) is 11.7. The maximum absolute atomic E-state index is 13.6. The van der Waals surface area contributed by atoms with Gasteiger partial charge in [0.1, 0.15) is 5.82 Å². The zero-order chi connectivity index (χ0) is 24.6. The number of amides is 2. The van der Waals surface area contributed by atoms with Gasteiger partial charge < -0.3 is 10.6 Å². The van der Waals surface area contributed by atoms with Crippen LogP contribution in [0.15, 0.2) is 53.4 Å². The van der Waals surface area contributed by atoms with E-state index in [0.29, 0.717) is 25.9 Å². The van der Waals surface area contributed by atoms with Crippen molar-refractivity contribution < 1.29 is 22.4 Å². The van der Waals surface area contributed by atoms with Gasteiger partial charge in [0.05, 0.1) is 4.90 Å². The highest BCUT2D eigenvalue weighted by Crippen LogP contribution is 2.27. The van der Waals surface area contributed by atoms with Crippen molar-refractivity contribution >= 4 is 21.8 Å². The maximum Gasteiger partial charge on any atom is 0.309 e. The molecule has 0 aliphatic carbocycles. The average molecular weight is 490 g/mol. The Labute approximate surface area is 200 Å². The van der Waals surface area contributed by atoms with Crippen LogP contribution in [0.4, 0.5) is 4.39 Å². The normalized spacial score (nSPS) is 16.7. The molecule has 2 aromatic carbocycles. The molecule has 1 aliphatic rings. The molecule has 0 spiro atoms. The van der Waals surface area contributed by atoms with Gasteiger partial charge in [-0.2, -0.15) is 4.31 Å². The third-order valence-electron chi connectivity index (χ3n) is 6.05. The number of halogens is 1. The van der Waals surface area contributed by atoms with Crippen molar-refractivity contribution in [2.45, 2.75) is 56.4 Å². The highest BCUT2D eigenvalue weighted by Gasteiger charge is 2.33. The molecule has 1 heterocycles. The number of carbonyl (C=O) groups is 2. The van der Waals surface area contributed by atoms with E-state index >= 15 is 0 Å². The van der Waals surface area contributed by atoms with Crippen LogP contribution < -0.4 is 10.6 Å². The third kappa shape index (κ3) is 6.87. The van der Waals surface area contributed by atoms with Crippen molar-refractivity contribution in [1.82, 2.24) is 14.9 Å². The summed E-state index contributed by atoms with van der Waals surface area (Å²) in [4.78, 5) is 24.2. The number of sulfonamides is 1. The Morgan fingerprint density at radius 3 is 2.44 bits per heavy atom. The Morgan fingerprint density at radius 2 is 1.74 bits per heavy atom. The quantitative estimate of drug-likeness (QED) is 0.418. The number of aryl methyl sites for hydroxylation is 2. The van der Waals surface area contributed by atoms with Gasteiger partial charge in [-0.1, -0.05) is 36.8 Å². The number of carbonyl (C=O) groups excluding carboxylic acids is 2. The summed E-state index contributed by atoms with van der Waals surface area (Å²) in [6.07, 6.45) is 4.22. The first-order chi connectivity index (χ1) is 16.3. The molecule has 0 radical (unpaired) electrons. The predicted octanol–water partition coefficient (Wildman–Crippen LogP) is 2.93. The molecular formula is C25H32FN3O4S. The molecule has 184 valence electrons. The van der Waals surface area contributed by atoms with Crippen molar-refractivity contribution in [3.63, 3.8) is 0 Å². The Hall–Kier alpha value is -2.78. The van der Waals surface area contributed by atoms with Crippen molar-refractivity contribution in [2.75, 3.05) is 19.6 Å². The van der Waals surface area contributed by atoms with Crippen LogP contribution in [0.2, 0.25) is 0 Å². The van der Waals surface area contributed by atoms with Crippen LogP contribution in [0.3, 0.4) is 0 Å². The third-order valence-corrected chi connectivity index (χ3v) is 8.00. The summed E-state index contributed by atoms with van der Waals surface area (Å²) in [6.45, 7) is 2.49. The lowest BCUT2D eigenvalue weighted by atomic mass is 10.0. The topological polar surface area (TPSA) is 95.6 Å². The van der Waals surface area contributed by atoms with Crippen LogP contribution >= 0.6 is 0 Å². The summed E-state index contributed by atoms with van der Waals surface area (Å²) < 4.78 is 41.4. The molecule has 1 aliphatic heterocycles. The molecule has 0 unspecified atom stereocenters. The fourth-order valence-corrected chi connectivity index (χ4v) is 5.95. The first-order valence-corrected chi connectivity index (χ1v) is 13.1. The second-order valence-corrected chi connectivity index (χ2v) is 10.5. The largest absolute Gasteiger partial charge is 0.348 e. The highest BCUT2D eigenvalue weighted by molar-refractivity contribution is 7.89. The molecule has 0 aromatic heterocycles. The van der Waals surface area contributed by atoms with E-state index in [4.69, 9.17) is 0 Å². The lowest BCUT2D eigenvalue weighted by molar-refractivity contribution is -0.139. The van der Waals surface area contributed by atoms with Gasteiger partial charge >= 0.3 is 11.8 Å². The number of piperidine rings is 1. The molecule has 2 aromatic rings. The smallest absolute Gasteiger partial charge is 0.309 e. The van der Waals surface area contributed by atoms with Gasteiger partial charge in [0.15, 0.2) is 0 Å². The second kappa shape index (κ2) is 12.1. The molecule has 7 nitrogen and oxygen atoms in total. The van der Waals surface area contributed by atoms with Crippen LogP contribution in [-0.2, 0) is 26.0 Å². The van der Waals surface area contributed by atoms with Crippen molar-refractivity contribution in [1.29, 1.82) is 0 Å². The molecule has 1 fully saturated rings. The number of benzene rings is 2. The van der Waals surface area contributed by atoms with Crippen molar-refractivity contribution in [3.05, 3.63) is 65.5 Å². The van der Waals surface area contributed by atoms with E-state index in [1.165, 1.54) is 35.0 Å². The minimum absolute atomic E-state index is 0.0669. The number of rotatable bonds is 9. The van der Waals surface area contributed by atoms with Crippen LogP contribution in [0.1, 0.15) is 43.2 Å². The van der Waals surface area contributed by atoms with Gasteiger partial charge in [-0.3, -0.25) is 9.59 Å². The Kier molecular flexibility index (Phi) is 9.18. The molecular weight excluding hydrogens is 457 g/mol. The van der Waals surface area contributed by atoms with E-state index in [1.807, 2.05) is 30.3 Å². The SMILES string of the molecule is Cc1cc(S(=O)(=O)N2CCCC[C@H]2CCNC(=O)C(=O)NCCCc2ccccc2)ccc1F. The number of nitrogens with zero attached hydrogens (tertiary/aromatic N) is 1. The van der Waals surface area contributed by atoms with Gasteiger partial charge in [0, 0.05) is 25.7 Å². The van der Waals surface area contributed by atoms with Gasteiger partial charge in [0.2, 0.25) is 10.0 Å². The summed E-state index contributed by atoms with van der Waals surface area (Å²) in [5, 5.41) is 5.21. The van der Waals surface area contributed by atoms with Gasteiger partial charge in [-0.05, 0) is 68.4 Å². The molecule has 2 amide bonds. The summed E-state index contributed by atoms with van der Waals surface area (Å²) in [7, 11) is -3.78. The fraction of sp³-hybridized carbons (Fsp3) is 0.440. The van der Waals surface area contributed by atoms with Crippen LogP contribution in [0.25, 0.3) is 0 Å². The van der Waals surface area contributed by atoms with E-state index in [9.17, 15) is 22.4 Å². The molecule has 0 saturated carbocycles. The Balaban J connectivity index is 1.47. The van der Waals surface area contributed by atoms with Gasteiger partial charge in [0.25, 0.3) is 0 Å². The van der Waals surface area contributed by atoms with Crippen LogP contribution in [-0.4, -0.2) is 50.2 Å². The van der Waals surface area contributed by atoms with E-state index in [1.54, 1.807) is 0 Å². The van der Waals surface area contributed by atoms with Gasteiger partial charge in [-0.25, -0.2) is 12.8 Å². The Bertz CT molecular complexity index is 1090. The van der Waals surface area contributed by atoms with Crippen LogP contribution in [0.5, 0.6) is 0 Å². The minimum Gasteiger partial charge on any atom is -0.348 e. The van der Waals surface area contributed by atoms with E-state index < -0.39 is 27.7 Å². The maximum atomic E-state index is 13.6. The minimum atomic E-state index is -3.78. The number of nitrogens with one attached hydrogen (secondary N) is 2. The van der Waals surface area contributed by atoms with E-state index in [0.717, 1.165) is 25.7 Å². The van der Waals surface area contributed by atoms with Gasteiger partial charge in [-0.15, -0.1) is 0 Å². The second-order valence-electron chi connectivity index (χ2n) is 8.57. The fourth-order valence-electron chi connectivity index (χ4n) is 4.14. The van der Waals surface area contributed by atoms with Crippen molar-refractivity contribution in [3.8, 4) is 0 Å². The standard InChI is InChI=1S/C25H32FN3O4S/c1-19-18-22(12-13-23(19)26)34(32,33)29-17-6-5-11-21(29)14-16-28-25(31)24(30)27-15-7-10-20-8-3-2-4-9-20/h2-4,8-9,12-13,18,21H,5-7,10-11,14-17H2,1H3,(H,27,30)(H,28,31)/t21-/m0/s1. The van der Waals surface area contributed by atoms with Crippen LogP contribution in [0, 0.1) is 12.7 Å². The molecule has 1 saturated heterocycles. The van der Waals surface area contributed by atoms with E-state index in [2.05, 4.69) is 10.6 Å². The molecule has 1 atom stereocenters. The monoisotopic (exact) mass is 489 g/mol. The van der Waals surface area contributed by atoms with E-state index in [-0.39, 0.29) is 23.0 Å². The lowest BCUT2D eigenvalue weighted by Crippen LogP contribution is -2.46. The average Bonchev–Trinajstić information content (AvgIpc) is 2.84. The number of hydrogen-bond donors (Lipinski definition) is 2. The predicted molar refractivity (Wildman–Crippen MR) is 128 cm³/mol. The molecule has 2 N–H and O–H groups in total. The first kappa shape index (κ1) is 25.8. The van der Waals surface area contributed by atoms with Crippen molar-refractivity contribution in [2.24, 2.45) is 0 Å². The summed E-state index contributed by atoms with van der Waals surface area (Å²) in [5.41, 5.74) is 1.45. The molecule has 3 rings (SSSR count). The molecule has 0 bridgehead atoms. The zero-order valence-electron chi connectivity index (χ0n) is 19.4. The Morgan fingerprint density at radius 1 is 1.03 bits per heavy atom.